The molecule has 3 unspecified atom stereocenters. The Labute approximate surface area is 459 Å². The van der Waals surface area contributed by atoms with Crippen LogP contribution in [0.5, 0.6) is 0 Å². The smallest absolute Gasteiger partial charge is 0.243 e. The van der Waals surface area contributed by atoms with Gasteiger partial charge in [-0.1, -0.05) is 76.8 Å². The number of hydrogen-bond acceptors (Lipinski definition) is 17. The minimum atomic E-state index is -1.42. The van der Waals surface area contributed by atoms with Crippen molar-refractivity contribution in [2.45, 2.75) is 186 Å². The fourth-order valence-corrected chi connectivity index (χ4v) is 9.34. The van der Waals surface area contributed by atoms with Gasteiger partial charge in [-0.05, 0) is 103 Å². The second-order valence-electron chi connectivity index (χ2n) is 21.1. The molecule has 0 saturated carbocycles. The normalized spacial score (nSPS) is 23.9. The van der Waals surface area contributed by atoms with Crippen LogP contribution in [-0.4, -0.2) is 155 Å². The molecular weight excluding hydrogens is 1010 g/mol. The molecule has 1 aliphatic heterocycles. The van der Waals surface area contributed by atoms with E-state index < -0.39 is 156 Å². The predicted molar refractivity (Wildman–Crippen MR) is 292 cm³/mol. The molecule has 78 heavy (non-hydrogen) atoms. The highest BCUT2D eigenvalue weighted by molar-refractivity contribution is 5.98. The fourth-order valence-electron chi connectivity index (χ4n) is 9.34. The maximum atomic E-state index is 14.5. The Balaban J connectivity index is 2.71. The van der Waals surface area contributed by atoms with Crippen LogP contribution in [0.15, 0.2) is 30.3 Å². The molecule has 0 spiro atoms. The summed E-state index contributed by atoms with van der Waals surface area (Å²) in [6.45, 7) is 7.52. The van der Waals surface area contributed by atoms with Crippen LogP contribution in [-0.2, 0) is 54.4 Å². The standard InChI is InChI=1S/C55H92N10O13/c1-6-7-8-12-15-45(68)49(72)31-39(34(5)67)53(76)62-41(17-22-57)46(69)28-36-20-25-60-52(75)38(33(4)66)30-48(71)42(18-23-58)63-54(77)43(19-24-59)64-55(78)44(26-32(2)3)65-51(74)37(27-35-13-10-9-11-14-35)29-47(70)40(16-21-56)61-50(36)73/h9-11,13-14,32-34,36-45,66-68H,6-8,12,15-31,56-59H2,1-5H3,(H,60,75)(H,61,73)(H,62,76)(H,63,77)(H,64,78)(H,65,74)/t33?,34?,36-,37+,38+,39+,40+,41+,42+,43+,44+,45?/m1/s1. The van der Waals surface area contributed by atoms with E-state index in [1.54, 1.807) is 30.3 Å². The number of benzene rings is 1. The number of aliphatic hydroxyl groups is 3. The first-order valence-electron chi connectivity index (χ1n) is 27.8. The molecule has 23 heteroatoms. The van der Waals surface area contributed by atoms with Gasteiger partial charge in [0.2, 0.25) is 35.4 Å². The van der Waals surface area contributed by atoms with Gasteiger partial charge < -0.3 is 70.2 Å². The summed E-state index contributed by atoms with van der Waals surface area (Å²) in [6.07, 6.45) is -3.48. The van der Waals surface area contributed by atoms with Crippen LogP contribution in [0, 0.1) is 29.6 Å². The van der Waals surface area contributed by atoms with E-state index in [1.165, 1.54) is 13.8 Å². The molecule has 0 aliphatic carbocycles. The van der Waals surface area contributed by atoms with Gasteiger partial charge in [0.05, 0.1) is 42.2 Å². The molecule has 6 amide bonds. The Morgan fingerprint density at radius 3 is 1.76 bits per heavy atom. The van der Waals surface area contributed by atoms with Crippen LogP contribution in [0.25, 0.3) is 0 Å². The van der Waals surface area contributed by atoms with Gasteiger partial charge in [0.25, 0.3) is 0 Å². The Bertz CT molecular complexity index is 2090. The summed E-state index contributed by atoms with van der Waals surface area (Å²) in [4.78, 5) is 140. The third-order valence-corrected chi connectivity index (χ3v) is 14.0. The van der Waals surface area contributed by atoms with E-state index in [0.717, 1.165) is 19.3 Å². The second-order valence-corrected chi connectivity index (χ2v) is 21.1. The number of aliphatic hydroxyl groups excluding tert-OH is 3. The average Bonchev–Trinajstić information content (AvgIpc) is 3.38. The minimum Gasteiger partial charge on any atom is -0.393 e. The number of amides is 6. The number of rotatable bonds is 27. The minimum absolute atomic E-state index is 0.0225. The summed E-state index contributed by atoms with van der Waals surface area (Å²) in [5.41, 5.74) is 24.3. The number of carbonyl (C=O) groups is 10. The molecular formula is C55H92N10O13. The van der Waals surface area contributed by atoms with Crippen LogP contribution in [0.4, 0.5) is 0 Å². The van der Waals surface area contributed by atoms with Gasteiger partial charge in [-0.2, -0.15) is 0 Å². The number of hydrogen-bond donors (Lipinski definition) is 13. The van der Waals surface area contributed by atoms with Crippen LogP contribution in [0.2, 0.25) is 0 Å². The van der Waals surface area contributed by atoms with Crippen molar-refractivity contribution in [1.82, 2.24) is 31.9 Å². The zero-order chi connectivity index (χ0) is 58.5. The van der Waals surface area contributed by atoms with E-state index in [4.69, 9.17) is 22.9 Å². The summed E-state index contributed by atoms with van der Waals surface area (Å²) in [7, 11) is 0. The van der Waals surface area contributed by atoms with Crippen molar-refractivity contribution in [3.8, 4) is 0 Å². The van der Waals surface area contributed by atoms with E-state index in [0.29, 0.717) is 12.0 Å². The first kappa shape index (κ1) is 68.5. The van der Waals surface area contributed by atoms with Crippen molar-refractivity contribution >= 4 is 58.6 Å². The van der Waals surface area contributed by atoms with Gasteiger partial charge in [0.1, 0.15) is 18.2 Å². The van der Waals surface area contributed by atoms with Crippen LogP contribution < -0.4 is 54.8 Å². The lowest BCUT2D eigenvalue weighted by molar-refractivity contribution is -0.138. The topological polar surface area (TPSA) is 408 Å². The molecule has 0 bridgehead atoms. The van der Waals surface area contributed by atoms with Crippen molar-refractivity contribution < 1.29 is 63.3 Å². The number of unbranched alkanes of at least 4 members (excludes halogenated alkanes) is 3. The average molecular weight is 1100 g/mol. The molecule has 440 valence electrons. The second kappa shape index (κ2) is 36.6. The predicted octanol–water partition coefficient (Wildman–Crippen LogP) is -0.991. The summed E-state index contributed by atoms with van der Waals surface area (Å²) in [6, 6.07) is 2.34. The number of nitrogens with one attached hydrogen (secondary N) is 6. The molecule has 1 saturated heterocycles. The van der Waals surface area contributed by atoms with Crippen LogP contribution in [0.3, 0.4) is 0 Å². The number of ketones is 4. The van der Waals surface area contributed by atoms with E-state index >= 15 is 0 Å². The van der Waals surface area contributed by atoms with Crippen LogP contribution in [0.1, 0.15) is 136 Å². The zero-order valence-electron chi connectivity index (χ0n) is 46.5. The largest absolute Gasteiger partial charge is 0.393 e. The zero-order valence-corrected chi connectivity index (χ0v) is 46.5. The van der Waals surface area contributed by atoms with Gasteiger partial charge in [0.15, 0.2) is 23.1 Å². The summed E-state index contributed by atoms with van der Waals surface area (Å²) in [5, 5.41) is 48.0. The van der Waals surface area contributed by atoms with Gasteiger partial charge >= 0.3 is 0 Å². The Hall–Kier alpha value is -5.56. The van der Waals surface area contributed by atoms with E-state index in [1.807, 2.05) is 20.8 Å². The molecule has 12 atom stereocenters. The molecule has 1 aliphatic rings. The van der Waals surface area contributed by atoms with Gasteiger partial charge in [0, 0.05) is 44.1 Å². The number of carbonyl (C=O) groups excluding carboxylic acids is 10. The monoisotopic (exact) mass is 1100 g/mol. The molecule has 2 rings (SSSR count). The van der Waals surface area contributed by atoms with Crippen molar-refractivity contribution in [3.05, 3.63) is 35.9 Å². The fraction of sp³-hybridized carbons (Fsp3) is 0.709. The van der Waals surface area contributed by atoms with Crippen molar-refractivity contribution in [1.29, 1.82) is 0 Å². The SMILES string of the molecule is CCCCCCC(O)C(=O)C[C@H](C(=O)N[C@@H](CCN)C(=O)C[C@H]1CCNC(=O)[C@H](C(C)O)CC(=O)[C@H](CCN)NC(=O)[C@H](CCN)NC(=O)[C@H](CC(C)C)NC(=O)[C@@H](Cc2ccccc2)CC(=O)[C@H](CCN)NC1=O)C(C)O. The molecule has 0 aromatic heterocycles. The Morgan fingerprint density at radius 1 is 0.641 bits per heavy atom. The molecule has 1 heterocycles. The van der Waals surface area contributed by atoms with E-state index in [-0.39, 0.29) is 90.0 Å². The maximum Gasteiger partial charge on any atom is 0.243 e. The lowest BCUT2D eigenvalue weighted by atomic mass is 9.89. The van der Waals surface area contributed by atoms with Crippen molar-refractivity contribution in [2.24, 2.45) is 52.5 Å². The Kier molecular flexibility index (Phi) is 32.1. The first-order chi connectivity index (χ1) is 37.0. The van der Waals surface area contributed by atoms with Gasteiger partial charge in [-0.25, -0.2) is 0 Å². The summed E-state index contributed by atoms with van der Waals surface area (Å²) < 4.78 is 0. The molecule has 1 fully saturated rings. The quantitative estimate of drug-likeness (QED) is 0.0470. The third kappa shape index (κ3) is 24.2. The lowest BCUT2D eigenvalue weighted by Crippen LogP contribution is -2.57. The summed E-state index contributed by atoms with van der Waals surface area (Å²) in [5.74, 6) is -12.8. The highest BCUT2D eigenvalue weighted by atomic mass is 16.3. The molecule has 0 radical (unpaired) electrons. The molecule has 17 N–H and O–H groups in total. The molecule has 23 nitrogen and oxygen atoms in total. The first-order valence-corrected chi connectivity index (χ1v) is 27.8. The third-order valence-electron chi connectivity index (χ3n) is 14.0. The molecule has 1 aromatic carbocycles. The molecule has 1 aromatic rings. The van der Waals surface area contributed by atoms with Crippen LogP contribution >= 0.6 is 0 Å². The maximum absolute atomic E-state index is 14.5. The highest BCUT2D eigenvalue weighted by Crippen LogP contribution is 2.21. The van der Waals surface area contributed by atoms with Gasteiger partial charge in [-0.15, -0.1) is 0 Å². The van der Waals surface area contributed by atoms with Crippen molar-refractivity contribution in [2.75, 3.05) is 32.7 Å². The number of Topliss-reactive ketones (excluding diaryl/α,β-unsaturated/α-hetero) is 4. The lowest BCUT2D eigenvalue weighted by Gasteiger charge is -2.28. The summed E-state index contributed by atoms with van der Waals surface area (Å²) >= 11 is 0. The van der Waals surface area contributed by atoms with E-state index in [2.05, 4.69) is 31.9 Å². The van der Waals surface area contributed by atoms with Crippen molar-refractivity contribution in [3.63, 3.8) is 0 Å². The van der Waals surface area contributed by atoms with E-state index in [9.17, 15) is 63.3 Å². The highest BCUT2D eigenvalue weighted by Gasteiger charge is 2.38. The van der Waals surface area contributed by atoms with Gasteiger partial charge in [-0.3, -0.25) is 47.9 Å². The Morgan fingerprint density at radius 2 is 1.19 bits per heavy atom. The number of nitrogens with two attached hydrogens (primary N) is 4.